The number of hydrogen-bond donors (Lipinski definition) is 2. The van der Waals surface area contributed by atoms with Crippen LogP contribution in [-0.2, 0) is 0 Å². The van der Waals surface area contributed by atoms with E-state index in [2.05, 4.69) is 38.0 Å². The lowest BCUT2D eigenvalue weighted by Gasteiger charge is -2.13. The molecule has 0 spiro atoms. The van der Waals surface area contributed by atoms with Crippen LogP contribution in [0.4, 0.5) is 0 Å². The molecule has 0 fully saturated rings. The minimum absolute atomic E-state index is 0.219. The zero-order chi connectivity index (χ0) is 10.7. The summed E-state index contributed by atoms with van der Waals surface area (Å²) >= 11 is 0. The maximum absolute atomic E-state index is 7.99. The Balaban J connectivity index is 0. The van der Waals surface area contributed by atoms with Crippen LogP contribution in [0.1, 0.15) is 6.42 Å². The fourth-order valence-corrected chi connectivity index (χ4v) is 0.491. The van der Waals surface area contributed by atoms with Crippen LogP contribution in [0, 0.1) is 0 Å². The third kappa shape index (κ3) is 24.5. The van der Waals surface area contributed by atoms with Crippen molar-refractivity contribution in [3.63, 3.8) is 0 Å². The third-order valence-corrected chi connectivity index (χ3v) is 1.36. The summed E-state index contributed by atoms with van der Waals surface area (Å²) in [4.78, 5) is 4.36. The van der Waals surface area contributed by atoms with E-state index in [-0.39, 0.29) is 6.61 Å². The van der Waals surface area contributed by atoms with Crippen LogP contribution in [0.15, 0.2) is 0 Å². The Kier molecular flexibility index (Phi) is 14.0. The molecule has 0 saturated heterocycles. The van der Waals surface area contributed by atoms with E-state index in [4.69, 9.17) is 10.8 Å². The molecule has 0 radical (unpaired) electrons. The first kappa shape index (κ1) is 15.3. The van der Waals surface area contributed by atoms with Gasteiger partial charge in [0.2, 0.25) is 0 Å². The predicted molar refractivity (Wildman–Crippen MR) is 57.9 cm³/mol. The van der Waals surface area contributed by atoms with Gasteiger partial charge in [-0.2, -0.15) is 0 Å². The lowest BCUT2D eigenvalue weighted by atomic mass is 10.5. The van der Waals surface area contributed by atoms with Gasteiger partial charge in [0.15, 0.2) is 0 Å². The number of hydrogen-bond acceptors (Lipinski definition) is 4. The van der Waals surface area contributed by atoms with Gasteiger partial charge in [0.1, 0.15) is 0 Å². The van der Waals surface area contributed by atoms with Crippen molar-refractivity contribution in [1.29, 1.82) is 0 Å². The molecule has 0 aliphatic rings. The Morgan fingerprint density at radius 3 is 1.46 bits per heavy atom. The minimum atomic E-state index is 0.219. The molecule has 0 heterocycles. The molecule has 0 aromatic carbocycles. The van der Waals surface area contributed by atoms with Gasteiger partial charge < -0.3 is 20.6 Å². The summed E-state index contributed by atoms with van der Waals surface area (Å²) in [7, 11) is 8.35. The van der Waals surface area contributed by atoms with Gasteiger partial charge in [-0.25, -0.2) is 0 Å². The molecule has 0 amide bonds. The van der Waals surface area contributed by atoms with Gasteiger partial charge in [-0.05, 0) is 41.2 Å². The average Bonchev–Trinajstić information content (AvgIpc) is 2.03. The fourth-order valence-electron chi connectivity index (χ4n) is 0.491. The van der Waals surface area contributed by atoms with Crippen LogP contribution in [-0.4, -0.2) is 69.3 Å². The Morgan fingerprint density at radius 1 is 1.00 bits per heavy atom. The quantitative estimate of drug-likeness (QED) is 0.611. The summed E-state index contributed by atoms with van der Waals surface area (Å²) in [5, 5.41) is 7.99. The van der Waals surface area contributed by atoms with Gasteiger partial charge in [0.25, 0.3) is 0 Å². The average molecular weight is 191 g/mol. The topological polar surface area (TPSA) is 52.7 Å². The second-order valence-corrected chi connectivity index (χ2v) is 3.47. The number of aliphatic hydroxyl groups is 1. The van der Waals surface area contributed by atoms with Crippen molar-refractivity contribution in [3.8, 4) is 0 Å². The highest BCUT2D eigenvalue weighted by molar-refractivity contribution is 4.45. The lowest BCUT2D eigenvalue weighted by molar-refractivity contribution is 0.291. The van der Waals surface area contributed by atoms with E-state index in [1.165, 1.54) is 0 Å². The van der Waals surface area contributed by atoms with E-state index in [0.717, 1.165) is 19.5 Å². The second kappa shape index (κ2) is 11.8. The van der Waals surface area contributed by atoms with Gasteiger partial charge in [-0.1, -0.05) is 0 Å². The van der Waals surface area contributed by atoms with E-state index in [0.29, 0.717) is 6.54 Å². The number of rotatable bonds is 5. The predicted octanol–water partition coefficient (Wildman–Crippen LogP) is -0.563. The summed E-state index contributed by atoms with van der Waals surface area (Å²) in [6.45, 7) is 3.10. The highest BCUT2D eigenvalue weighted by atomic mass is 16.2. The van der Waals surface area contributed by atoms with Crippen LogP contribution in [0.25, 0.3) is 0 Å². The van der Waals surface area contributed by atoms with Crippen LogP contribution in [0.2, 0.25) is 0 Å². The lowest BCUT2D eigenvalue weighted by Crippen LogP contribution is -2.25. The summed E-state index contributed by atoms with van der Waals surface area (Å²) in [6, 6.07) is 0. The molecule has 0 aliphatic carbocycles. The summed E-state index contributed by atoms with van der Waals surface area (Å²) in [5.41, 5.74) is 4.98. The van der Waals surface area contributed by atoms with E-state index in [1.807, 2.05) is 0 Å². The summed E-state index contributed by atoms with van der Waals surface area (Å²) in [5.74, 6) is 0. The molecule has 0 saturated carbocycles. The molecular formula is C9H25N3O. The first-order valence-corrected chi connectivity index (χ1v) is 4.65. The smallest absolute Gasteiger partial charge is 0.0443 e. The minimum Gasteiger partial charge on any atom is -0.396 e. The van der Waals surface area contributed by atoms with Gasteiger partial charge in [0, 0.05) is 19.7 Å². The Hall–Kier alpha value is -0.160. The highest BCUT2D eigenvalue weighted by Crippen LogP contribution is 1.76. The first-order valence-electron chi connectivity index (χ1n) is 4.65. The largest absolute Gasteiger partial charge is 0.396 e. The summed E-state index contributed by atoms with van der Waals surface area (Å²) in [6.07, 6.45) is 0.722. The van der Waals surface area contributed by atoms with Gasteiger partial charge in [-0.3, -0.25) is 0 Å². The van der Waals surface area contributed by atoms with Crippen LogP contribution in [0.5, 0.6) is 0 Å². The molecule has 4 nitrogen and oxygen atoms in total. The van der Waals surface area contributed by atoms with Gasteiger partial charge in [0.05, 0.1) is 0 Å². The van der Waals surface area contributed by atoms with Crippen molar-refractivity contribution >= 4 is 0 Å². The van der Waals surface area contributed by atoms with Crippen molar-refractivity contribution in [2.75, 3.05) is 54.4 Å². The summed E-state index contributed by atoms with van der Waals surface area (Å²) < 4.78 is 0. The molecule has 3 N–H and O–H groups in total. The molecule has 0 aromatic rings. The molecular weight excluding hydrogens is 166 g/mol. The Labute approximate surface area is 82.3 Å². The molecule has 13 heavy (non-hydrogen) atoms. The van der Waals surface area contributed by atoms with Gasteiger partial charge >= 0.3 is 0 Å². The van der Waals surface area contributed by atoms with Crippen LogP contribution < -0.4 is 5.73 Å². The Morgan fingerprint density at radius 2 is 1.38 bits per heavy atom. The monoisotopic (exact) mass is 191 g/mol. The van der Waals surface area contributed by atoms with Crippen molar-refractivity contribution in [1.82, 2.24) is 9.80 Å². The van der Waals surface area contributed by atoms with Crippen molar-refractivity contribution < 1.29 is 5.11 Å². The van der Waals surface area contributed by atoms with Crippen LogP contribution in [0.3, 0.4) is 0 Å². The van der Waals surface area contributed by atoms with E-state index in [1.54, 1.807) is 0 Å². The second-order valence-electron chi connectivity index (χ2n) is 3.47. The normalized spacial score (nSPS) is 10.2. The molecule has 4 heteroatoms. The molecule has 0 bridgehead atoms. The van der Waals surface area contributed by atoms with Crippen LogP contribution >= 0.6 is 0 Å². The third-order valence-electron chi connectivity index (χ3n) is 1.36. The molecule has 0 unspecified atom stereocenters. The molecule has 0 aliphatic heterocycles. The van der Waals surface area contributed by atoms with Crippen molar-refractivity contribution in [2.45, 2.75) is 6.42 Å². The van der Waals surface area contributed by atoms with E-state index >= 15 is 0 Å². The van der Waals surface area contributed by atoms with E-state index < -0.39 is 0 Å². The number of nitrogens with two attached hydrogens (primary N) is 1. The Bertz CT molecular complexity index is 76.9. The molecule has 0 atom stereocenters. The fraction of sp³-hybridized carbons (Fsp3) is 1.00. The standard InChI is InChI=1S/C6H16N2.C3H9NO/c1-7(2)5-6-8(3)4;4-2-1-3-5/h5-6H2,1-4H3;5H,1-4H2. The molecule has 82 valence electrons. The number of aliphatic hydroxyl groups excluding tert-OH is 1. The zero-order valence-corrected chi connectivity index (χ0v) is 9.45. The maximum atomic E-state index is 7.99. The zero-order valence-electron chi connectivity index (χ0n) is 9.45. The van der Waals surface area contributed by atoms with E-state index in [9.17, 15) is 0 Å². The number of nitrogens with zero attached hydrogens (tertiary/aromatic N) is 2. The first-order chi connectivity index (χ1) is 6.04. The number of likely N-dealkylation sites (N-methyl/N-ethyl adjacent to an activating group) is 2. The van der Waals surface area contributed by atoms with Crippen molar-refractivity contribution in [2.24, 2.45) is 5.73 Å². The highest BCUT2D eigenvalue weighted by Gasteiger charge is 1.89. The maximum Gasteiger partial charge on any atom is 0.0443 e. The molecule has 0 rings (SSSR count). The van der Waals surface area contributed by atoms with Crippen molar-refractivity contribution in [3.05, 3.63) is 0 Å². The van der Waals surface area contributed by atoms with Gasteiger partial charge in [-0.15, -0.1) is 0 Å². The SMILES string of the molecule is CN(C)CCN(C)C.NCCCO. The molecule has 0 aromatic heterocycles.